The fourth-order valence-corrected chi connectivity index (χ4v) is 2.82. The fraction of sp³-hybridized carbons (Fsp3) is 0.0667. The number of hydrogen-bond acceptors (Lipinski definition) is 2. The van der Waals surface area contributed by atoms with Crippen LogP contribution in [0.1, 0.15) is 15.9 Å². The van der Waals surface area contributed by atoms with E-state index in [1.165, 1.54) is 17.0 Å². The van der Waals surface area contributed by atoms with Crippen molar-refractivity contribution in [1.29, 1.82) is 0 Å². The van der Waals surface area contributed by atoms with E-state index in [1.54, 1.807) is 24.3 Å². The number of Topliss-reactive ketones (excluding diaryl/α,β-unsaturated/α-hetero) is 1. The van der Waals surface area contributed by atoms with E-state index >= 15 is 0 Å². The summed E-state index contributed by atoms with van der Waals surface area (Å²) in [7, 11) is 0. The molecule has 0 unspecified atom stereocenters. The largest absolute Gasteiger partial charge is 0.300 e. The number of anilines is 1. The first kappa shape index (κ1) is 14.2. The average Bonchev–Trinajstić information content (AvgIpc) is 2.68. The molecule has 0 spiro atoms. The van der Waals surface area contributed by atoms with Crippen LogP contribution in [0.2, 0.25) is 5.02 Å². The molecule has 0 bridgehead atoms. The van der Waals surface area contributed by atoms with E-state index in [1.807, 2.05) is 0 Å². The van der Waals surface area contributed by atoms with Crippen molar-refractivity contribution < 1.29 is 14.0 Å². The first-order valence-corrected chi connectivity index (χ1v) is 7.25. The van der Waals surface area contributed by atoms with Gasteiger partial charge >= 0.3 is 0 Å². The molecule has 0 radical (unpaired) electrons. The molecule has 106 valence electrons. The summed E-state index contributed by atoms with van der Waals surface area (Å²) >= 11 is 9.08. The summed E-state index contributed by atoms with van der Waals surface area (Å²) in [6, 6.07) is 9.21. The van der Waals surface area contributed by atoms with Gasteiger partial charge in [0.1, 0.15) is 5.82 Å². The summed E-state index contributed by atoms with van der Waals surface area (Å²) < 4.78 is 13.8. The van der Waals surface area contributed by atoms with E-state index in [-0.39, 0.29) is 11.0 Å². The zero-order valence-corrected chi connectivity index (χ0v) is 12.9. The number of hydrogen-bond donors (Lipinski definition) is 0. The average molecular weight is 369 g/mol. The predicted octanol–water partition coefficient (Wildman–Crippen LogP) is 3.97. The van der Waals surface area contributed by atoms with Crippen LogP contribution in [-0.2, 0) is 11.3 Å². The van der Waals surface area contributed by atoms with E-state index in [0.717, 1.165) is 0 Å². The van der Waals surface area contributed by atoms with Gasteiger partial charge < -0.3 is 4.90 Å². The Morgan fingerprint density at radius 2 is 1.95 bits per heavy atom. The lowest BCUT2D eigenvalue weighted by Gasteiger charge is -2.17. The third-order valence-corrected chi connectivity index (χ3v) is 4.42. The molecule has 0 aliphatic carbocycles. The van der Waals surface area contributed by atoms with Gasteiger partial charge in [0.25, 0.3) is 11.7 Å². The minimum Gasteiger partial charge on any atom is -0.300 e. The van der Waals surface area contributed by atoms with E-state index in [4.69, 9.17) is 11.6 Å². The van der Waals surface area contributed by atoms with Crippen LogP contribution >= 0.6 is 27.5 Å². The number of fused-ring (bicyclic) bond motifs is 1. The molecule has 3 nitrogen and oxygen atoms in total. The molecule has 2 aromatic rings. The molecule has 21 heavy (non-hydrogen) atoms. The van der Waals surface area contributed by atoms with Gasteiger partial charge in [-0.3, -0.25) is 9.59 Å². The first-order valence-electron chi connectivity index (χ1n) is 6.07. The number of carbonyl (C=O) groups is 2. The fourth-order valence-electron chi connectivity index (χ4n) is 2.27. The molecule has 6 heteroatoms. The molecule has 0 N–H and O–H groups in total. The summed E-state index contributed by atoms with van der Waals surface area (Å²) in [6.45, 7) is 0.0935. The quantitative estimate of drug-likeness (QED) is 0.752. The van der Waals surface area contributed by atoms with Gasteiger partial charge in [-0.05, 0) is 45.8 Å². The maximum atomic E-state index is 13.5. The zero-order valence-electron chi connectivity index (χ0n) is 10.6. The van der Waals surface area contributed by atoms with Crippen LogP contribution in [0.5, 0.6) is 0 Å². The Bertz CT molecular complexity index is 778. The predicted molar refractivity (Wildman–Crippen MR) is 81.1 cm³/mol. The van der Waals surface area contributed by atoms with Crippen LogP contribution in [0, 0.1) is 5.82 Å². The Hall–Kier alpha value is -1.72. The summed E-state index contributed by atoms with van der Waals surface area (Å²) in [6.07, 6.45) is 0. The van der Waals surface area contributed by atoms with Crippen molar-refractivity contribution in [2.75, 3.05) is 4.90 Å². The Morgan fingerprint density at radius 3 is 2.71 bits per heavy atom. The molecule has 1 aliphatic rings. The number of rotatable bonds is 2. The van der Waals surface area contributed by atoms with Crippen molar-refractivity contribution >= 4 is 44.9 Å². The van der Waals surface area contributed by atoms with Crippen LogP contribution in [0.4, 0.5) is 10.1 Å². The summed E-state index contributed by atoms with van der Waals surface area (Å²) in [5, 5.41) is 0.430. The summed E-state index contributed by atoms with van der Waals surface area (Å²) in [5.74, 6) is -1.63. The van der Waals surface area contributed by atoms with Crippen molar-refractivity contribution in [3.05, 3.63) is 62.8 Å². The van der Waals surface area contributed by atoms with Crippen molar-refractivity contribution in [2.45, 2.75) is 6.54 Å². The lowest BCUT2D eigenvalue weighted by molar-refractivity contribution is -0.114. The number of ketones is 1. The number of amides is 1. The Morgan fingerprint density at radius 1 is 1.19 bits per heavy atom. The highest BCUT2D eigenvalue weighted by Gasteiger charge is 2.36. The number of carbonyl (C=O) groups excluding carboxylic acids is 2. The van der Waals surface area contributed by atoms with Crippen LogP contribution in [-0.4, -0.2) is 11.7 Å². The Labute approximate surface area is 133 Å². The molecule has 0 saturated heterocycles. The molecule has 1 amide bonds. The number of halogens is 3. The normalized spacial score (nSPS) is 13.8. The van der Waals surface area contributed by atoms with Crippen LogP contribution < -0.4 is 4.90 Å². The lowest BCUT2D eigenvalue weighted by atomic mass is 10.1. The van der Waals surface area contributed by atoms with Gasteiger partial charge in [-0.2, -0.15) is 0 Å². The lowest BCUT2D eigenvalue weighted by Crippen LogP contribution is -2.29. The minimum atomic E-state index is -0.636. The maximum absolute atomic E-state index is 13.5. The topological polar surface area (TPSA) is 37.4 Å². The maximum Gasteiger partial charge on any atom is 0.299 e. The molecule has 0 atom stereocenters. The van der Waals surface area contributed by atoms with Gasteiger partial charge in [-0.15, -0.1) is 0 Å². The first-order chi connectivity index (χ1) is 9.99. The van der Waals surface area contributed by atoms with Gasteiger partial charge in [-0.25, -0.2) is 4.39 Å². The highest BCUT2D eigenvalue weighted by atomic mass is 79.9. The highest BCUT2D eigenvalue weighted by molar-refractivity contribution is 9.10. The second-order valence-electron chi connectivity index (χ2n) is 4.59. The van der Waals surface area contributed by atoms with Gasteiger partial charge in [0.2, 0.25) is 0 Å². The molecular weight excluding hydrogens is 361 g/mol. The van der Waals surface area contributed by atoms with Gasteiger partial charge in [0.05, 0.1) is 22.3 Å². The van der Waals surface area contributed by atoms with Crippen LogP contribution in [0.3, 0.4) is 0 Å². The molecular formula is C15H8BrClFNO2. The van der Waals surface area contributed by atoms with Crippen molar-refractivity contribution in [2.24, 2.45) is 0 Å². The van der Waals surface area contributed by atoms with E-state index in [2.05, 4.69) is 15.9 Å². The molecule has 0 fully saturated rings. The molecule has 3 rings (SSSR count). The van der Waals surface area contributed by atoms with E-state index in [9.17, 15) is 14.0 Å². The summed E-state index contributed by atoms with van der Waals surface area (Å²) in [5.41, 5.74) is 1.34. The van der Waals surface area contributed by atoms with Crippen molar-refractivity contribution in [3.8, 4) is 0 Å². The molecule has 1 heterocycles. The molecule has 1 aliphatic heterocycles. The zero-order chi connectivity index (χ0) is 15.1. The van der Waals surface area contributed by atoms with Gasteiger partial charge in [0, 0.05) is 5.02 Å². The summed E-state index contributed by atoms with van der Waals surface area (Å²) in [4.78, 5) is 25.3. The van der Waals surface area contributed by atoms with Crippen LogP contribution in [0.25, 0.3) is 0 Å². The number of nitrogens with zero attached hydrogens (tertiary/aromatic N) is 1. The molecule has 0 aromatic heterocycles. The SMILES string of the molecule is O=C1C(=O)N(Cc2cccc(F)c2Br)c2cc(Cl)ccc21. The second kappa shape index (κ2) is 5.24. The Kier molecular flexibility index (Phi) is 3.55. The highest BCUT2D eigenvalue weighted by Crippen LogP contribution is 2.34. The van der Waals surface area contributed by atoms with E-state index in [0.29, 0.717) is 21.8 Å². The Balaban J connectivity index is 2.04. The second-order valence-corrected chi connectivity index (χ2v) is 5.82. The number of benzene rings is 2. The minimum absolute atomic E-state index is 0.0935. The van der Waals surface area contributed by atoms with Crippen molar-refractivity contribution in [3.63, 3.8) is 0 Å². The third kappa shape index (κ3) is 2.36. The van der Waals surface area contributed by atoms with Gasteiger partial charge in [0.15, 0.2) is 0 Å². The monoisotopic (exact) mass is 367 g/mol. The standard InChI is InChI=1S/C15H8BrClFNO2/c16-13-8(2-1-3-11(13)18)7-19-12-6-9(17)4-5-10(12)14(20)15(19)21/h1-6H,7H2. The molecule has 2 aromatic carbocycles. The molecule has 0 saturated carbocycles. The van der Waals surface area contributed by atoms with Crippen molar-refractivity contribution in [1.82, 2.24) is 0 Å². The van der Waals surface area contributed by atoms with Gasteiger partial charge in [-0.1, -0.05) is 23.7 Å². The third-order valence-electron chi connectivity index (χ3n) is 3.29. The van der Waals surface area contributed by atoms with E-state index < -0.39 is 17.5 Å². The van der Waals surface area contributed by atoms with Crippen LogP contribution in [0.15, 0.2) is 40.9 Å². The smallest absolute Gasteiger partial charge is 0.299 e.